The van der Waals surface area contributed by atoms with Crippen molar-refractivity contribution in [3.05, 3.63) is 0 Å². The smallest absolute Gasteiger partial charge is 0.0577 e. The SMILES string of the molecule is CC(COC1CC1)C1CC1. The molecule has 0 radical (unpaired) electrons. The second-order valence-electron chi connectivity index (χ2n) is 3.85. The normalized spacial score (nSPS) is 28.5. The fourth-order valence-corrected chi connectivity index (χ4v) is 1.32. The zero-order chi connectivity index (χ0) is 6.97. The van der Waals surface area contributed by atoms with E-state index in [2.05, 4.69) is 6.92 Å². The fourth-order valence-electron chi connectivity index (χ4n) is 1.32. The third-order valence-electron chi connectivity index (χ3n) is 2.55. The van der Waals surface area contributed by atoms with Gasteiger partial charge in [0.1, 0.15) is 0 Å². The molecule has 2 aliphatic rings. The summed E-state index contributed by atoms with van der Waals surface area (Å²) in [5.41, 5.74) is 0. The van der Waals surface area contributed by atoms with Gasteiger partial charge in [-0.05, 0) is 37.5 Å². The van der Waals surface area contributed by atoms with Crippen LogP contribution in [0.4, 0.5) is 0 Å². The van der Waals surface area contributed by atoms with Gasteiger partial charge < -0.3 is 4.74 Å². The van der Waals surface area contributed by atoms with Crippen LogP contribution in [0.2, 0.25) is 0 Å². The number of hydrogen-bond donors (Lipinski definition) is 0. The Kier molecular flexibility index (Phi) is 1.69. The summed E-state index contributed by atoms with van der Waals surface area (Å²) in [6, 6.07) is 0. The molecule has 2 fully saturated rings. The summed E-state index contributed by atoms with van der Waals surface area (Å²) < 4.78 is 5.62. The van der Waals surface area contributed by atoms with Gasteiger partial charge in [0, 0.05) is 6.61 Å². The molecule has 58 valence electrons. The van der Waals surface area contributed by atoms with Crippen molar-refractivity contribution in [1.29, 1.82) is 0 Å². The summed E-state index contributed by atoms with van der Waals surface area (Å²) in [6.07, 6.45) is 6.19. The molecule has 0 aromatic heterocycles. The van der Waals surface area contributed by atoms with E-state index < -0.39 is 0 Å². The Hall–Kier alpha value is -0.0400. The van der Waals surface area contributed by atoms with Gasteiger partial charge >= 0.3 is 0 Å². The largest absolute Gasteiger partial charge is 0.378 e. The Bertz CT molecular complexity index is 114. The van der Waals surface area contributed by atoms with E-state index in [9.17, 15) is 0 Å². The monoisotopic (exact) mass is 140 g/mol. The first-order chi connectivity index (χ1) is 4.86. The summed E-state index contributed by atoms with van der Waals surface area (Å²) in [4.78, 5) is 0. The van der Waals surface area contributed by atoms with Crippen molar-refractivity contribution in [2.45, 2.75) is 38.7 Å². The van der Waals surface area contributed by atoms with E-state index in [0.717, 1.165) is 18.4 Å². The second-order valence-corrected chi connectivity index (χ2v) is 3.85. The van der Waals surface area contributed by atoms with Crippen LogP contribution >= 0.6 is 0 Å². The van der Waals surface area contributed by atoms with Crippen LogP contribution < -0.4 is 0 Å². The van der Waals surface area contributed by atoms with Crippen LogP contribution in [0, 0.1) is 11.8 Å². The van der Waals surface area contributed by atoms with E-state index in [-0.39, 0.29) is 0 Å². The predicted molar refractivity (Wildman–Crippen MR) is 40.9 cm³/mol. The highest BCUT2D eigenvalue weighted by Gasteiger charge is 2.30. The average Bonchev–Trinajstić information content (AvgIpc) is 2.76. The standard InChI is InChI=1S/C9H16O/c1-7(8-2-3-8)6-10-9-4-5-9/h7-9H,2-6H2,1H3. The first-order valence-corrected chi connectivity index (χ1v) is 4.48. The van der Waals surface area contributed by atoms with Gasteiger partial charge in [0.15, 0.2) is 0 Å². The molecule has 0 aliphatic heterocycles. The van der Waals surface area contributed by atoms with Crippen molar-refractivity contribution >= 4 is 0 Å². The van der Waals surface area contributed by atoms with Gasteiger partial charge in [-0.15, -0.1) is 0 Å². The van der Waals surface area contributed by atoms with Gasteiger partial charge in [-0.2, -0.15) is 0 Å². The fraction of sp³-hybridized carbons (Fsp3) is 1.00. The Balaban J connectivity index is 1.58. The van der Waals surface area contributed by atoms with E-state index in [0.29, 0.717) is 6.10 Å². The van der Waals surface area contributed by atoms with Crippen molar-refractivity contribution in [3.8, 4) is 0 Å². The molecule has 0 N–H and O–H groups in total. The zero-order valence-electron chi connectivity index (χ0n) is 6.68. The molecule has 1 unspecified atom stereocenters. The third kappa shape index (κ3) is 1.72. The molecule has 0 amide bonds. The quantitative estimate of drug-likeness (QED) is 0.581. The van der Waals surface area contributed by atoms with Gasteiger partial charge in [-0.1, -0.05) is 6.92 Å². The van der Waals surface area contributed by atoms with Crippen LogP contribution in [-0.2, 0) is 4.74 Å². The molecule has 0 spiro atoms. The molecule has 0 aromatic carbocycles. The maximum atomic E-state index is 5.62. The molecule has 2 aliphatic carbocycles. The molecule has 1 atom stereocenters. The number of rotatable bonds is 4. The van der Waals surface area contributed by atoms with E-state index in [4.69, 9.17) is 4.74 Å². The van der Waals surface area contributed by atoms with Gasteiger partial charge in [-0.3, -0.25) is 0 Å². The Morgan fingerprint density at radius 1 is 1.30 bits per heavy atom. The minimum Gasteiger partial charge on any atom is -0.378 e. The number of ether oxygens (including phenoxy) is 1. The van der Waals surface area contributed by atoms with Gasteiger partial charge in [0.25, 0.3) is 0 Å². The van der Waals surface area contributed by atoms with Crippen molar-refractivity contribution in [3.63, 3.8) is 0 Å². The van der Waals surface area contributed by atoms with Crippen LogP contribution in [0.5, 0.6) is 0 Å². The highest BCUT2D eigenvalue weighted by atomic mass is 16.5. The van der Waals surface area contributed by atoms with Crippen LogP contribution in [-0.4, -0.2) is 12.7 Å². The average molecular weight is 140 g/mol. The summed E-state index contributed by atoms with van der Waals surface area (Å²) in [7, 11) is 0. The molecule has 0 bridgehead atoms. The molecule has 10 heavy (non-hydrogen) atoms. The Labute approximate surface area is 62.8 Å². The Morgan fingerprint density at radius 3 is 2.50 bits per heavy atom. The first kappa shape index (κ1) is 6.66. The summed E-state index contributed by atoms with van der Waals surface area (Å²) in [6.45, 7) is 3.34. The van der Waals surface area contributed by atoms with Crippen molar-refractivity contribution in [1.82, 2.24) is 0 Å². The molecule has 0 saturated heterocycles. The van der Waals surface area contributed by atoms with Gasteiger partial charge in [0.2, 0.25) is 0 Å². The topological polar surface area (TPSA) is 9.23 Å². The molecule has 2 rings (SSSR count). The van der Waals surface area contributed by atoms with Crippen molar-refractivity contribution in [2.24, 2.45) is 11.8 Å². The lowest BCUT2D eigenvalue weighted by atomic mass is 10.1. The lowest BCUT2D eigenvalue weighted by Crippen LogP contribution is -2.08. The number of hydrogen-bond acceptors (Lipinski definition) is 1. The summed E-state index contributed by atoms with van der Waals surface area (Å²) in [5, 5.41) is 0. The Morgan fingerprint density at radius 2 is 2.00 bits per heavy atom. The highest BCUT2D eigenvalue weighted by molar-refractivity contribution is 4.80. The summed E-state index contributed by atoms with van der Waals surface area (Å²) in [5.74, 6) is 1.85. The zero-order valence-corrected chi connectivity index (χ0v) is 6.68. The summed E-state index contributed by atoms with van der Waals surface area (Å²) >= 11 is 0. The van der Waals surface area contributed by atoms with E-state index >= 15 is 0 Å². The molecule has 0 aromatic rings. The molecule has 2 saturated carbocycles. The predicted octanol–water partition coefficient (Wildman–Crippen LogP) is 2.21. The highest BCUT2D eigenvalue weighted by Crippen LogP contribution is 2.37. The minimum absolute atomic E-state index is 0.654. The van der Waals surface area contributed by atoms with Crippen LogP contribution in [0.1, 0.15) is 32.6 Å². The lowest BCUT2D eigenvalue weighted by Gasteiger charge is -2.08. The maximum Gasteiger partial charge on any atom is 0.0577 e. The first-order valence-electron chi connectivity index (χ1n) is 4.48. The maximum absolute atomic E-state index is 5.62. The minimum atomic E-state index is 0.654. The molecule has 1 nitrogen and oxygen atoms in total. The van der Waals surface area contributed by atoms with Crippen LogP contribution in [0.15, 0.2) is 0 Å². The molecule has 1 heteroatoms. The van der Waals surface area contributed by atoms with Crippen LogP contribution in [0.3, 0.4) is 0 Å². The van der Waals surface area contributed by atoms with E-state index in [1.807, 2.05) is 0 Å². The van der Waals surface area contributed by atoms with Gasteiger partial charge in [0.05, 0.1) is 6.10 Å². The molecule has 0 heterocycles. The lowest BCUT2D eigenvalue weighted by molar-refractivity contribution is 0.0849. The van der Waals surface area contributed by atoms with Gasteiger partial charge in [-0.25, -0.2) is 0 Å². The van der Waals surface area contributed by atoms with E-state index in [1.54, 1.807) is 0 Å². The van der Waals surface area contributed by atoms with Crippen LogP contribution in [0.25, 0.3) is 0 Å². The molecular weight excluding hydrogens is 124 g/mol. The third-order valence-corrected chi connectivity index (χ3v) is 2.55. The second kappa shape index (κ2) is 2.54. The van der Waals surface area contributed by atoms with Crippen molar-refractivity contribution in [2.75, 3.05) is 6.61 Å². The van der Waals surface area contributed by atoms with E-state index in [1.165, 1.54) is 25.7 Å². The molecular formula is C9H16O. The van der Waals surface area contributed by atoms with Crippen molar-refractivity contribution < 1.29 is 4.74 Å².